The Morgan fingerprint density at radius 1 is 1.35 bits per heavy atom. The third kappa shape index (κ3) is 5.24. The number of carbonyl (C=O) groups is 2. The van der Waals surface area contributed by atoms with Crippen LogP contribution < -0.4 is 10.2 Å². The lowest BCUT2D eigenvalue weighted by Gasteiger charge is -2.33. The zero-order chi connectivity index (χ0) is 19.3. The molecule has 1 saturated heterocycles. The average molecular weight is 379 g/mol. The van der Waals surface area contributed by atoms with E-state index in [4.69, 9.17) is 0 Å². The molecule has 1 aliphatic rings. The summed E-state index contributed by atoms with van der Waals surface area (Å²) in [6.45, 7) is 7.75. The molecule has 2 atom stereocenters. The number of nitrogens with zero attached hydrogens (tertiary/aromatic N) is 1. The number of likely N-dealkylation sites (N-methyl/N-ethyl adjacent to an activating group) is 1. The summed E-state index contributed by atoms with van der Waals surface area (Å²) in [5.74, 6) is 0.792. The van der Waals surface area contributed by atoms with Gasteiger partial charge in [-0.25, -0.2) is 0 Å². The summed E-state index contributed by atoms with van der Waals surface area (Å²) >= 11 is 1.62. The van der Waals surface area contributed by atoms with Gasteiger partial charge in [-0.1, -0.05) is 38.1 Å². The summed E-state index contributed by atoms with van der Waals surface area (Å²) < 4.78 is 0. The van der Waals surface area contributed by atoms with Gasteiger partial charge in [-0.2, -0.15) is 0 Å². The summed E-state index contributed by atoms with van der Waals surface area (Å²) in [6, 6.07) is 7.72. The van der Waals surface area contributed by atoms with Crippen LogP contribution in [0.3, 0.4) is 0 Å². The molecule has 1 aromatic rings. The van der Waals surface area contributed by atoms with Crippen LogP contribution in [0.1, 0.15) is 36.8 Å². The molecule has 0 aliphatic carbocycles. The van der Waals surface area contributed by atoms with E-state index >= 15 is 0 Å². The fourth-order valence-electron chi connectivity index (χ4n) is 3.22. The van der Waals surface area contributed by atoms with E-state index in [1.165, 1.54) is 4.90 Å². The second kappa shape index (κ2) is 9.42. The lowest BCUT2D eigenvalue weighted by atomic mass is 9.99. The van der Waals surface area contributed by atoms with Crippen LogP contribution in [0.2, 0.25) is 0 Å². The highest BCUT2D eigenvalue weighted by molar-refractivity contribution is 8.00. The number of hydrogen-bond acceptors (Lipinski definition) is 3. The molecule has 1 heterocycles. The van der Waals surface area contributed by atoms with Crippen LogP contribution >= 0.6 is 11.8 Å². The van der Waals surface area contributed by atoms with E-state index in [-0.39, 0.29) is 17.2 Å². The average Bonchev–Trinajstić information content (AvgIpc) is 2.93. The smallest absolute Gasteiger partial charge is 0.243 e. The van der Waals surface area contributed by atoms with E-state index in [1.807, 2.05) is 17.0 Å². The zero-order valence-electron chi connectivity index (χ0n) is 16.5. The number of thioether (sulfide) groups is 1. The Bertz CT molecular complexity index is 633. The van der Waals surface area contributed by atoms with E-state index < -0.39 is 6.04 Å². The third-order valence-corrected chi connectivity index (χ3v) is 5.83. The van der Waals surface area contributed by atoms with Crippen LogP contribution in [0.15, 0.2) is 24.3 Å². The number of rotatable bonds is 8. The molecule has 6 heteroatoms. The van der Waals surface area contributed by atoms with Crippen LogP contribution in [0.25, 0.3) is 0 Å². The first kappa shape index (κ1) is 20.8. The summed E-state index contributed by atoms with van der Waals surface area (Å²) in [4.78, 5) is 28.7. The molecule has 5 nitrogen and oxygen atoms in total. The number of quaternary nitrogens is 1. The van der Waals surface area contributed by atoms with Gasteiger partial charge in [0, 0.05) is 0 Å². The van der Waals surface area contributed by atoms with Gasteiger partial charge >= 0.3 is 0 Å². The van der Waals surface area contributed by atoms with Gasteiger partial charge in [-0.15, -0.1) is 11.8 Å². The maximum atomic E-state index is 12.9. The minimum atomic E-state index is -0.417. The van der Waals surface area contributed by atoms with Crippen molar-refractivity contribution in [2.45, 2.75) is 38.6 Å². The molecular weight excluding hydrogens is 346 g/mol. The summed E-state index contributed by atoms with van der Waals surface area (Å²) in [7, 11) is 4.12. The second-order valence-corrected chi connectivity index (χ2v) is 8.78. The Kier molecular flexibility index (Phi) is 7.53. The highest BCUT2D eigenvalue weighted by Gasteiger charge is 2.41. The highest BCUT2D eigenvalue weighted by Crippen LogP contribution is 2.42. The number of nitrogens with one attached hydrogen (secondary N) is 2. The first-order valence-corrected chi connectivity index (χ1v) is 10.4. The molecule has 2 rings (SSSR count). The fraction of sp³-hybridized carbons (Fsp3) is 0.600. The SMILES string of the molecule is Cc1ccccc1[C@@H]1SCC(=O)N1[C@@H](CC(C)C)C(=O)NCC[NH+](C)C. The molecule has 26 heavy (non-hydrogen) atoms. The predicted octanol–water partition coefficient (Wildman–Crippen LogP) is 1.24. The minimum absolute atomic E-state index is 0.0330. The number of amides is 2. The van der Waals surface area contributed by atoms with Crippen molar-refractivity contribution in [1.29, 1.82) is 0 Å². The van der Waals surface area contributed by atoms with Gasteiger partial charge < -0.3 is 15.1 Å². The van der Waals surface area contributed by atoms with Gasteiger partial charge in [0.05, 0.1) is 32.9 Å². The number of carbonyl (C=O) groups excluding carboxylic acids is 2. The van der Waals surface area contributed by atoms with Crippen molar-refractivity contribution in [3.63, 3.8) is 0 Å². The maximum Gasteiger partial charge on any atom is 0.243 e. The Labute approximate surface area is 161 Å². The zero-order valence-corrected chi connectivity index (χ0v) is 17.4. The molecule has 0 radical (unpaired) electrons. The largest absolute Gasteiger partial charge is 0.349 e. The Balaban J connectivity index is 2.24. The summed E-state index contributed by atoms with van der Waals surface area (Å²) in [5.41, 5.74) is 2.28. The van der Waals surface area contributed by atoms with E-state index in [0.29, 0.717) is 24.6 Å². The van der Waals surface area contributed by atoms with Crippen molar-refractivity contribution in [1.82, 2.24) is 10.2 Å². The van der Waals surface area contributed by atoms with Crippen LogP contribution in [-0.4, -0.2) is 55.7 Å². The van der Waals surface area contributed by atoms with Gasteiger partial charge in [0.2, 0.25) is 11.8 Å². The normalized spacial score (nSPS) is 18.7. The lowest BCUT2D eigenvalue weighted by Crippen LogP contribution is -3.06. The van der Waals surface area contributed by atoms with Gasteiger partial charge in [0.15, 0.2) is 0 Å². The first-order valence-electron chi connectivity index (χ1n) is 9.36. The van der Waals surface area contributed by atoms with Gasteiger partial charge in [-0.3, -0.25) is 9.59 Å². The molecule has 144 valence electrons. The first-order chi connectivity index (χ1) is 12.3. The molecule has 0 spiro atoms. The number of aryl methyl sites for hydroxylation is 1. The van der Waals surface area contributed by atoms with Gasteiger partial charge in [-0.05, 0) is 30.4 Å². The molecular formula is C20H32N3O2S+. The monoisotopic (exact) mass is 378 g/mol. The van der Waals surface area contributed by atoms with Gasteiger partial charge in [0.1, 0.15) is 11.4 Å². The van der Waals surface area contributed by atoms with Crippen molar-refractivity contribution in [3.05, 3.63) is 35.4 Å². The minimum Gasteiger partial charge on any atom is -0.349 e. The Morgan fingerprint density at radius 3 is 2.65 bits per heavy atom. The van der Waals surface area contributed by atoms with Crippen LogP contribution in [0, 0.1) is 12.8 Å². The summed E-state index contributed by atoms with van der Waals surface area (Å²) in [6.07, 6.45) is 0.676. The van der Waals surface area contributed by atoms with Gasteiger partial charge in [0.25, 0.3) is 0 Å². The van der Waals surface area contributed by atoms with E-state index in [1.54, 1.807) is 11.8 Å². The summed E-state index contributed by atoms with van der Waals surface area (Å²) in [5, 5.41) is 2.96. The molecule has 0 aromatic heterocycles. The molecule has 2 amide bonds. The van der Waals surface area contributed by atoms with E-state index in [0.717, 1.165) is 17.7 Å². The van der Waals surface area contributed by atoms with E-state index in [9.17, 15) is 9.59 Å². The number of hydrogen-bond donors (Lipinski definition) is 2. The predicted molar refractivity (Wildman–Crippen MR) is 107 cm³/mol. The van der Waals surface area contributed by atoms with Crippen molar-refractivity contribution < 1.29 is 14.5 Å². The fourth-order valence-corrected chi connectivity index (χ4v) is 4.54. The molecule has 1 aromatic carbocycles. The second-order valence-electron chi connectivity index (χ2n) is 7.71. The van der Waals surface area contributed by atoms with Crippen LogP contribution in [0.5, 0.6) is 0 Å². The Hall–Kier alpha value is -1.53. The quantitative estimate of drug-likeness (QED) is 0.716. The molecule has 1 aliphatic heterocycles. The molecule has 1 fully saturated rings. The van der Waals surface area contributed by atoms with Crippen LogP contribution in [0.4, 0.5) is 0 Å². The van der Waals surface area contributed by atoms with Crippen molar-refractivity contribution in [2.24, 2.45) is 5.92 Å². The van der Waals surface area contributed by atoms with Crippen molar-refractivity contribution in [2.75, 3.05) is 32.9 Å². The molecule has 0 bridgehead atoms. The molecule has 0 saturated carbocycles. The van der Waals surface area contributed by atoms with Crippen molar-refractivity contribution >= 4 is 23.6 Å². The van der Waals surface area contributed by atoms with Crippen LogP contribution in [-0.2, 0) is 9.59 Å². The maximum absolute atomic E-state index is 12.9. The third-order valence-electron chi connectivity index (χ3n) is 4.62. The van der Waals surface area contributed by atoms with E-state index in [2.05, 4.69) is 52.3 Å². The highest BCUT2D eigenvalue weighted by atomic mass is 32.2. The van der Waals surface area contributed by atoms with Crippen molar-refractivity contribution in [3.8, 4) is 0 Å². The standard InChI is InChI=1S/C20H31N3O2S/c1-14(2)12-17(19(25)21-10-11-22(4)5)23-18(24)13-26-20(23)16-9-7-6-8-15(16)3/h6-9,14,17,20H,10-13H2,1-5H3,(H,21,25)/p+1/t17-,20-/m0/s1. The Morgan fingerprint density at radius 2 is 2.04 bits per heavy atom. The topological polar surface area (TPSA) is 53.9 Å². The molecule has 2 N–H and O–H groups in total. The lowest BCUT2D eigenvalue weighted by molar-refractivity contribution is -0.856. The molecule has 0 unspecified atom stereocenters. The number of benzene rings is 1.